The van der Waals surface area contributed by atoms with Gasteiger partial charge in [0, 0.05) is 35.6 Å². The highest BCUT2D eigenvalue weighted by atomic mass is 19.4. The molecule has 1 aromatic carbocycles. The Kier molecular flexibility index (Phi) is 5.75. The van der Waals surface area contributed by atoms with E-state index >= 15 is 0 Å². The third-order valence-electron chi connectivity index (χ3n) is 4.91. The van der Waals surface area contributed by atoms with Crippen LogP contribution in [0.15, 0.2) is 61.2 Å². The summed E-state index contributed by atoms with van der Waals surface area (Å²) in [4.78, 5) is 10.4. The molecule has 0 radical (unpaired) electrons. The highest BCUT2D eigenvalue weighted by Gasteiger charge is 2.35. The van der Waals surface area contributed by atoms with Crippen molar-refractivity contribution in [2.75, 3.05) is 12.4 Å². The SMILES string of the molecule is C=C(Cc1ccc(-c2cnc3[nH]cc(F)c3c2)c(F)c1)Nc1cnc(OC)c(C(F)(F)F)c1. The van der Waals surface area contributed by atoms with E-state index in [-0.39, 0.29) is 23.1 Å². The number of fused-ring (bicyclic) bond motifs is 1. The number of methoxy groups -OCH3 is 1. The Hall–Kier alpha value is -3.95. The van der Waals surface area contributed by atoms with Gasteiger partial charge in [0.15, 0.2) is 0 Å². The van der Waals surface area contributed by atoms with Gasteiger partial charge in [0.1, 0.15) is 22.8 Å². The highest BCUT2D eigenvalue weighted by Crippen LogP contribution is 2.36. The largest absolute Gasteiger partial charge is 0.481 e. The van der Waals surface area contributed by atoms with Gasteiger partial charge in [-0.2, -0.15) is 13.2 Å². The van der Waals surface area contributed by atoms with E-state index in [0.717, 1.165) is 13.2 Å². The zero-order valence-electron chi connectivity index (χ0n) is 17.2. The number of anilines is 1. The first-order chi connectivity index (χ1) is 15.7. The van der Waals surface area contributed by atoms with Crippen molar-refractivity contribution in [1.82, 2.24) is 15.0 Å². The molecular weight excluding hydrogens is 443 g/mol. The van der Waals surface area contributed by atoms with Gasteiger partial charge in [0.25, 0.3) is 0 Å². The van der Waals surface area contributed by atoms with Crippen molar-refractivity contribution in [2.24, 2.45) is 0 Å². The molecule has 33 heavy (non-hydrogen) atoms. The summed E-state index contributed by atoms with van der Waals surface area (Å²) >= 11 is 0. The molecule has 10 heteroatoms. The molecule has 0 aliphatic rings. The summed E-state index contributed by atoms with van der Waals surface area (Å²) in [5.74, 6) is -1.58. The van der Waals surface area contributed by atoms with Gasteiger partial charge in [-0.15, -0.1) is 0 Å². The summed E-state index contributed by atoms with van der Waals surface area (Å²) in [6, 6.07) is 6.83. The van der Waals surface area contributed by atoms with E-state index in [1.54, 1.807) is 6.07 Å². The third kappa shape index (κ3) is 4.64. The maximum absolute atomic E-state index is 14.8. The van der Waals surface area contributed by atoms with Crippen LogP contribution >= 0.6 is 0 Å². The molecule has 4 aromatic rings. The first kappa shape index (κ1) is 22.3. The van der Waals surface area contributed by atoms with Crippen molar-refractivity contribution in [3.05, 3.63) is 84.0 Å². The second-order valence-corrected chi connectivity index (χ2v) is 7.25. The lowest BCUT2D eigenvalue weighted by Gasteiger charge is -2.15. The number of benzene rings is 1. The van der Waals surface area contributed by atoms with Gasteiger partial charge in [0.05, 0.1) is 24.4 Å². The normalized spacial score (nSPS) is 11.6. The molecule has 3 aromatic heterocycles. The summed E-state index contributed by atoms with van der Waals surface area (Å²) in [5.41, 5.74) is 0.915. The lowest BCUT2D eigenvalue weighted by molar-refractivity contribution is -0.139. The fourth-order valence-electron chi connectivity index (χ4n) is 3.40. The minimum atomic E-state index is -4.64. The van der Waals surface area contributed by atoms with Gasteiger partial charge < -0.3 is 15.0 Å². The van der Waals surface area contributed by atoms with Gasteiger partial charge in [-0.25, -0.2) is 18.7 Å². The average Bonchev–Trinajstić information content (AvgIpc) is 3.13. The Bertz CT molecular complexity index is 1350. The summed E-state index contributed by atoms with van der Waals surface area (Å²) < 4.78 is 72.8. The molecule has 0 amide bonds. The number of pyridine rings is 2. The van der Waals surface area contributed by atoms with E-state index in [4.69, 9.17) is 0 Å². The lowest BCUT2D eigenvalue weighted by Crippen LogP contribution is -2.10. The summed E-state index contributed by atoms with van der Waals surface area (Å²) in [7, 11) is 1.10. The number of nitrogens with one attached hydrogen (secondary N) is 2. The van der Waals surface area contributed by atoms with Crippen molar-refractivity contribution in [2.45, 2.75) is 12.6 Å². The molecule has 0 bridgehead atoms. The van der Waals surface area contributed by atoms with E-state index in [2.05, 4.69) is 31.6 Å². The van der Waals surface area contributed by atoms with E-state index in [0.29, 0.717) is 22.5 Å². The Balaban J connectivity index is 1.51. The van der Waals surface area contributed by atoms with E-state index in [1.807, 2.05) is 0 Å². The minimum absolute atomic E-state index is 0.0677. The van der Waals surface area contributed by atoms with E-state index in [1.165, 1.54) is 36.8 Å². The monoisotopic (exact) mass is 460 g/mol. The number of aromatic amines is 1. The number of hydrogen-bond acceptors (Lipinski definition) is 4. The zero-order chi connectivity index (χ0) is 23.8. The predicted octanol–water partition coefficient (Wildman–Crippen LogP) is 6.10. The standard InChI is InChI=1S/C23H17F5N4O/c1-12(32-15-8-18(23(26,27)28)22(33-2)31-10-15)5-13-3-4-16(19(24)6-13)14-7-17-20(25)11-30-21(17)29-9-14/h3-4,6-11,32H,1,5H2,2H3,(H,29,30). The average molecular weight is 460 g/mol. The topological polar surface area (TPSA) is 62.8 Å². The number of rotatable bonds is 6. The van der Waals surface area contributed by atoms with Gasteiger partial charge in [-0.05, 0) is 23.8 Å². The molecule has 0 fully saturated rings. The molecule has 5 nitrogen and oxygen atoms in total. The van der Waals surface area contributed by atoms with Crippen LogP contribution in [-0.4, -0.2) is 22.1 Å². The van der Waals surface area contributed by atoms with Gasteiger partial charge in [0.2, 0.25) is 5.88 Å². The number of allylic oxidation sites excluding steroid dienone is 1. The molecule has 3 heterocycles. The summed E-state index contributed by atoms with van der Waals surface area (Å²) in [6.45, 7) is 3.80. The summed E-state index contributed by atoms with van der Waals surface area (Å²) in [5, 5.41) is 3.00. The number of aromatic nitrogens is 3. The van der Waals surface area contributed by atoms with Crippen molar-refractivity contribution >= 4 is 16.7 Å². The highest BCUT2D eigenvalue weighted by molar-refractivity contribution is 5.82. The quantitative estimate of drug-likeness (QED) is 0.342. The van der Waals surface area contributed by atoms with Crippen LogP contribution in [0.3, 0.4) is 0 Å². The fourth-order valence-corrected chi connectivity index (χ4v) is 3.40. The lowest BCUT2D eigenvalue weighted by atomic mass is 10.0. The number of ether oxygens (including phenoxy) is 1. The minimum Gasteiger partial charge on any atom is -0.481 e. The summed E-state index contributed by atoms with van der Waals surface area (Å²) in [6.07, 6.45) is -0.695. The Labute approximate surface area is 185 Å². The molecular formula is C23H17F5N4O. The third-order valence-corrected chi connectivity index (χ3v) is 4.91. The Morgan fingerprint density at radius 1 is 1.09 bits per heavy atom. The van der Waals surface area contributed by atoms with Crippen LogP contribution in [0.1, 0.15) is 11.1 Å². The van der Waals surface area contributed by atoms with Crippen molar-refractivity contribution in [1.29, 1.82) is 0 Å². The first-order valence-electron chi connectivity index (χ1n) is 9.63. The van der Waals surface area contributed by atoms with Crippen LogP contribution in [0, 0.1) is 11.6 Å². The van der Waals surface area contributed by atoms with E-state index in [9.17, 15) is 22.0 Å². The van der Waals surface area contributed by atoms with Crippen LogP contribution in [0.25, 0.3) is 22.2 Å². The maximum atomic E-state index is 14.8. The molecule has 0 saturated heterocycles. The smallest absolute Gasteiger partial charge is 0.421 e. The predicted molar refractivity (Wildman–Crippen MR) is 114 cm³/mol. The molecule has 4 rings (SSSR count). The number of nitrogens with zero attached hydrogens (tertiary/aromatic N) is 2. The number of halogens is 5. The number of hydrogen-bond donors (Lipinski definition) is 2. The van der Waals surface area contributed by atoms with Crippen molar-refractivity contribution in [3.8, 4) is 17.0 Å². The molecule has 0 aliphatic heterocycles. The van der Waals surface area contributed by atoms with Gasteiger partial charge in [-0.3, -0.25) is 0 Å². The molecule has 0 saturated carbocycles. The molecule has 170 valence electrons. The molecule has 0 atom stereocenters. The van der Waals surface area contributed by atoms with Crippen molar-refractivity contribution in [3.63, 3.8) is 0 Å². The molecule has 0 aliphatic carbocycles. The second kappa shape index (κ2) is 8.53. The fraction of sp³-hybridized carbons (Fsp3) is 0.130. The maximum Gasteiger partial charge on any atom is 0.421 e. The Morgan fingerprint density at radius 2 is 1.88 bits per heavy atom. The van der Waals surface area contributed by atoms with E-state index < -0.39 is 29.3 Å². The number of alkyl halides is 3. The molecule has 2 N–H and O–H groups in total. The van der Waals surface area contributed by atoms with Crippen LogP contribution in [0.4, 0.5) is 27.6 Å². The second-order valence-electron chi connectivity index (χ2n) is 7.25. The number of H-pyrrole nitrogens is 1. The zero-order valence-corrected chi connectivity index (χ0v) is 17.2. The van der Waals surface area contributed by atoms with Gasteiger partial charge >= 0.3 is 6.18 Å². The van der Waals surface area contributed by atoms with Crippen molar-refractivity contribution < 1.29 is 26.7 Å². The van der Waals surface area contributed by atoms with Crippen LogP contribution in [0.5, 0.6) is 5.88 Å². The van der Waals surface area contributed by atoms with Crippen LogP contribution < -0.4 is 10.1 Å². The van der Waals surface area contributed by atoms with Crippen LogP contribution in [0.2, 0.25) is 0 Å². The van der Waals surface area contributed by atoms with Crippen LogP contribution in [-0.2, 0) is 12.6 Å². The Morgan fingerprint density at radius 3 is 2.58 bits per heavy atom. The molecule has 0 spiro atoms. The first-order valence-corrected chi connectivity index (χ1v) is 9.63. The molecule has 0 unspecified atom stereocenters. The van der Waals surface area contributed by atoms with Gasteiger partial charge in [-0.1, -0.05) is 18.7 Å².